The van der Waals surface area contributed by atoms with Gasteiger partial charge in [-0.1, -0.05) is 12.1 Å². The molecule has 0 saturated heterocycles. The normalized spacial score (nSPS) is 12.4. The lowest BCUT2D eigenvalue weighted by molar-refractivity contribution is 0.0925. The molecule has 3 aromatic rings. The van der Waals surface area contributed by atoms with E-state index in [4.69, 9.17) is 4.42 Å². The third-order valence-corrected chi connectivity index (χ3v) is 4.80. The monoisotopic (exact) mass is 422 g/mol. The Morgan fingerprint density at radius 2 is 2.13 bits per heavy atom. The van der Waals surface area contributed by atoms with Crippen LogP contribution in [0.1, 0.15) is 48.0 Å². The predicted molar refractivity (Wildman–Crippen MR) is 121 cm³/mol. The summed E-state index contributed by atoms with van der Waals surface area (Å²) in [6.45, 7) is 7.87. The van der Waals surface area contributed by atoms with E-state index in [1.807, 2.05) is 42.9 Å². The molecule has 8 heteroatoms. The Bertz CT molecular complexity index is 993. The van der Waals surface area contributed by atoms with E-state index in [0.29, 0.717) is 18.8 Å². The minimum absolute atomic E-state index is 0.0648. The molecule has 1 unspecified atom stereocenters. The van der Waals surface area contributed by atoms with Crippen molar-refractivity contribution in [2.75, 3.05) is 19.6 Å². The van der Waals surface area contributed by atoms with Crippen LogP contribution >= 0.6 is 0 Å². The fourth-order valence-electron chi connectivity index (χ4n) is 3.12. The van der Waals surface area contributed by atoms with Gasteiger partial charge < -0.3 is 20.4 Å². The molecule has 8 nitrogen and oxygen atoms in total. The van der Waals surface area contributed by atoms with Crippen LogP contribution in [0.15, 0.2) is 64.5 Å². The number of amides is 1. The molecule has 0 aliphatic heterocycles. The van der Waals surface area contributed by atoms with Crippen LogP contribution < -0.4 is 16.0 Å². The number of carbonyl (C=O) groups excluding carboxylic acids is 1. The van der Waals surface area contributed by atoms with Crippen molar-refractivity contribution >= 4 is 11.9 Å². The molecule has 0 saturated carbocycles. The minimum Gasteiger partial charge on any atom is -0.459 e. The third kappa shape index (κ3) is 6.21. The molecule has 1 atom stereocenters. The molecule has 0 bridgehead atoms. The quantitative estimate of drug-likeness (QED) is 0.280. The second-order valence-corrected chi connectivity index (χ2v) is 7.21. The van der Waals surface area contributed by atoms with Crippen LogP contribution in [0.5, 0.6) is 0 Å². The second kappa shape index (κ2) is 11.0. The molecular weight excluding hydrogens is 392 g/mol. The Balaban J connectivity index is 1.51. The van der Waals surface area contributed by atoms with Crippen LogP contribution in [0.25, 0.3) is 5.69 Å². The molecule has 0 spiro atoms. The number of hydrogen-bond donors (Lipinski definition) is 3. The van der Waals surface area contributed by atoms with Crippen molar-refractivity contribution in [2.24, 2.45) is 4.99 Å². The lowest BCUT2D eigenvalue weighted by atomic mass is 10.1. The van der Waals surface area contributed by atoms with Gasteiger partial charge in [0.25, 0.3) is 5.91 Å². The summed E-state index contributed by atoms with van der Waals surface area (Å²) < 4.78 is 7.05. The first-order valence-electron chi connectivity index (χ1n) is 10.6. The molecule has 164 valence electrons. The average molecular weight is 423 g/mol. The molecule has 1 amide bonds. The van der Waals surface area contributed by atoms with Crippen LogP contribution in [0.3, 0.4) is 0 Å². The smallest absolute Gasteiger partial charge is 0.287 e. The highest BCUT2D eigenvalue weighted by Crippen LogP contribution is 2.16. The number of guanidine groups is 1. The van der Waals surface area contributed by atoms with E-state index < -0.39 is 0 Å². The molecule has 0 aliphatic carbocycles. The summed E-state index contributed by atoms with van der Waals surface area (Å²) in [6.07, 6.45) is 5.94. The number of carbonyl (C=O) groups is 1. The molecule has 2 aromatic heterocycles. The number of hydrogen-bond acceptors (Lipinski definition) is 4. The van der Waals surface area contributed by atoms with Crippen LogP contribution in [0, 0.1) is 6.92 Å². The standard InChI is InChI=1S/C23H30N6O2/c1-4-24-23(26-12-6-11-25-22(30)21-17(2)10-15-31-21)28-18(3)19-8-5-9-20(16-19)29-14-7-13-27-29/h5,7-10,13-16,18H,4,6,11-12H2,1-3H3,(H,25,30)(H2,24,26,28). The lowest BCUT2D eigenvalue weighted by Crippen LogP contribution is -2.39. The van der Waals surface area contributed by atoms with Gasteiger partial charge in [-0.05, 0) is 57.0 Å². The SMILES string of the molecule is CCNC(=NCCCNC(=O)c1occc1C)NC(C)c1cccc(-n2cccn2)c1. The molecule has 0 radical (unpaired) electrons. The van der Waals surface area contributed by atoms with Crippen LogP contribution in [0.2, 0.25) is 0 Å². The van der Waals surface area contributed by atoms with Gasteiger partial charge in [0.05, 0.1) is 18.0 Å². The van der Waals surface area contributed by atoms with E-state index in [1.165, 1.54) is 6.26 Å². The van der Waals surface area contributed by atoms with Gasteiger partial charge in [-0.2, -0.15) is 5.10 Å². The Labute approximate surface area is 182 Å². The van der Waals surface area contributed by atoms with E-state index in [9.17, 15) is 4.79 Å². The van der Waals surface area contributed by atoms with Crippen LogP contribution in [0.4, 0.5) is 0 Å². The number of rotatable bonds is 9. The summed E-state index contributed by atoms with van der Waals surface area (Å²) in [6, 6.07) is 12.0. The van der Waals surface area contributed by atoms with E-state index in [-0.39, 0.29) is 11.9 Å². The van der Waals surface area contributed by atoms with Gasteiger partial charge in [0, 0.05) is 37.6 Å². The number of benzene rings is 1. The summed E-state index contributed by atoms with van der Waals surface area (Å²) in [7, 11) is 0. The minimum atomic E-state index is -0.192. The van der Waals surface area contributed by atoms with Crippen LogP contribution in [-0.2, 0) is 0 Å². The molecule has 0 aliphatic rings. The molecule has 31 heavy (non-hydrogen) atoms. The molecular formula is C23H30N6O2. The maximum atomic E-state index is 12.1. The van der Waals surface area contributed by atoms with E-state index in [1.54, 1.807) is 12.3 Å². The molecule has 3 N–H and O–H groups in total. The zero-order valence-corrected chi connectivity index (χ0v) is 18.3. The first-order valence-corrected chi connectivity index (χ1v) is 10.6. The number of aliphatic imine (C=N–C) groups is 1. The van der Waals surface area contributed by atoms with E-state index >= 15 is 0 Å². The van der Waals surface area contributed by atoms with Crippen molar-refractivity contribution in [3.63, 3.8) is 0 Å². The summed E-state index contributed by atoms with van der Waals surface area (Å²) in [5.41, 5.74) is 2.99. The van der Waals surface area contributed by atoms with Crippen molar-refractivity contribution in [2.45, 2.75) is 33.2 Å². The Morgan fingerprint density at radius 1 is 1.26 bits per heavy atom. The number of aryl methyl sites for hydroxylation is 1. The maximum Gasteiger partial charge on any atom is 0.287 e. The zero-order chi connectivity index (χ0) is 22.1. The van der Waals surface area contributed by atoms with Crippen molar-refractivity contribution < 1.29 is 9.21 Å². The molecule has 0 fully saturated rings. The van der Waals surface area contributed by atoms with Gasteiger partial charge in [0.2, 0.25) is 0 Å². The van der Waals surface area contributed by atoms with Gasteiger partial charge >= 0.3 is 0 Å². The maximum absolute atomic E-state index is 12.1. The predicted octanol–water partition coefficient (Wildman–Crippen LogP) is 3.21. The van der Waals surface area contributed by atoms with Crippen molar-refractivity contribution in [1.82, 2.24) is 25.7 Å². The lowest BCUT2D eigenvalue weighted by Gasteiger charge is -2.19. The van der Waals surface area contributed by atoms with Crippen molar-refractivity contribution in [3.05, 3.63) is 71.9 Å². The topological polar surface area (TPSA) is 96.5 Å². The first-order chi connectivity index (χ1) is 15.1. The average Bonchev–Trinajstić information content (AvgIpc) is 3.45. The van der Waals surface area contributed by atoms with Crippen LogP contribution in [-0.4, -0.2) is 41.3 Å². The largest absolute Gasteiger partial charge is 0.459 e. The van der Waals surface area contributed by atoms with Gasteiger partial charge in [-0.3, -0.25) is 9.79 Å². The number of aromatic nitrogens is 2. The highest BCUT2D eigenvalue weighted by Gasteiger charge is 2.12. The first kappa shape index (κ1) is 22.1. The third-order valence-electron chi connectivity index (χ3n) is 4.80. The highest BCUT2D eigenvalue weighted by molar-refractivity contribution is 5.92. The fraction of sp³-hybridized carbons (Fsp3) is 0.348. The van der Waals surface area contributed by atoms with E-state index in [2.05, 4.69) is 45.1 Å². The Kier molecular flexibility index (Phi) is 7.86. The Hall–Kier alpha value is -3.55. The van der Waals surface area contributed by atoms with Crippen molar-refractivity contribution in [3.8, 4) is 5.69 Å². The number of nitrogens with zero attached hydrogens (tertiary/aromatic N) is 3. The highest BCUT2D eigenvalue weighted by atomic mass is 16.3. The van der Waals surface area contributed by atoms with Gasteiger partial charge in [0.1, 0.15) is 0 Å². The summed E-state index contributed by atoms with van der Waals surface area (Å²) in [5.74, 6) is 0.916. The van der Waals surface area contributed by atoms with Gasteiger partial charge in [-0.15, -0.1) is 0 Å². The summed E-state index contributed by atoms with van der Waals surface area (Å²) in [5, 5.41) is 13.9. The summed E-state index contributed by atoms with van der Waals surface area (Å²) in [4.78, 5) is 16.7. The number of furan rings is 1. The molecule has 1 aromatic carbocycles. The zero-order valence-electron chi connectivity index (χ0n) is 18.3. The second-order valence-electron chi connectivity index (χ2n) is 7.21. The Morgan fingerprint density at radius 3 is 2.84 bits per heavy atom. The van der Waals surface area contributed by atoms with Gasteiger partial charge in [0.15, 0.2) is 11.7 Å². The molecule has 3 rings (SSSR count). The summed E-state index contributed by atoms with van der Waals surface area (Å²) >= 11 is 0. The van der Waals surface area contributed by atoms with Crippen molar-refractivity contribution in [1.29, 1.82) is 0 Å². The van der Waals surface area contributed by atoms with E-state index in [0.717, 1.165) is 35.7 Å². The molecule has 2 heterocycles. The van der Waals surface area contributed by atoms with Gasteiger partial charge in [-0.25, -0.2) is 4.68 Å². The number of nitrogens with one attached hydrogen (secondary N) is 3. The fourth-order valence-corrected chi connectivity index (χ4v) is 3.12.